The van der Waals surface area contributed by atoms with Gasteiger partial charge in [-0.2, -0.15) is 0 Å². The summed E-state index contributed by atoms with van der Waals surface area (Å²) in [6, 6.07) is 0.206. The molecule has 2 amide bonds. The van der Waals surface area contributed by atoms with Crippen LogP contribution in [0, 0.1) is 12.8 Å². The Balaban J connectivity index is 1.62. The fourth-order valence-electron chi connectivity index (χ4n) is 3.81. The summed E-state index contributed by atoms with van der Waals surface area (Å²) in [6.45, 7) is 4.39. The molecule has 1 aromatic rings. The van der Waals surface area contributed by atoms with Gasteiger partial charge in [0, 0.05) is 24.8 Å². The van der Waals surface area contributed by atoms with Gasteiger partial charge in [0.1, 0.15) is 0 Å². The van der Waals surface area contributed by atoms with Crippen molar-refractivity contribution < 1.29 is 14.3 Å². The van der Waals surface area contributed by atoms with Crippen LogP contribution in [0.5, 0.6) is 0 Å². The van der Waals surface area contributed by atoms with Crippen molar-refractivity contribution in [2.75, 3.05) is 12.3 Å². The molecule has 8 heteroatoms. The number of hydrogen-bond acceptors (Lipinski definition) is 6. The van der Waals surface area contributed by atoms with Crippen LogP contribution >= 0.6 is 0 Å². The molecule has 0 bridgehead atoms. The average Bonchev–Trinajstić information content (AvgIpc) is 2.63. The van der Waals surface area contributed by atoms with Crippen LogP contribution in [-0.2, 0) is 9.53 Å². The highest BCUT2D eigenvalue weighted by molar-refractivity contribution is 5.95. The molecule has 154 valence electrons. The largest absolute Gasteiger partial charge is 0.376 e. The molecule has 1 heterocycles. The molecule has 1 aromatic heterocycles. The van der Waals surface area contributed by atoms with Crippen molar-refractivity contribution in [1.82, 2.24) is 20.6 Å². The van der Waals surface area contributed by atoms with Crippen molar-refractivity contribution in [3.8, 4) is 0 Å². The Kier molecular flexibility index (Phi) is 6.83. The molecule has 2 aliphatic carbocycles. The molecule has 3 rings (SSSR count). The lowest BCUT2D eigenvalue weighted by Crippen LogP contribution is -2.51. The second-order valence-electron chi connectivity index (χ2n) is 7.86. The van der Waals surface area contributed by atoms with E-state index in [1.54, 1.807) is 6.92 Å². The van der Waals surface area contributed by atoms with Crippen LogP contribution in [0.2, 0.25) is 0 Å². The maximum absolute atomic E-state index is 12.7. The number of rotatable bonds is 7. The minimum absolute atomic E-state index is 0.0581. The van der Waals surface area contributed by atoms with Crippen molar-refractivity contribution >= 4 is 17.8 Å². The number of ether oxygens (including phenoxy) is 1. The predicted octanol–water partition coefficient (Wildman–Crippen LogP) is 1.73. The summed E-state index contributed by atoms with van der Waals surface area (Å²) < 4.78 is 6.01. The number of aryl methyl sites for hydroxylation is 1. The molecule has 4 N–H and O–H groups in total. The van der Waals surface area contributed by atoms with Gasteiger partial charge in [0.15, 0.2) is 0 Å². The highest BCUT2D eigenvalue weighted by atomic mass is 16.5. The summed E-state index contributed by atoms with van der Waals surface area (Å²) in [5.41, 5.74) is 6.53. The topological polar surface area (TPSA) is 119 Å². The van der Waals surface area contributed by atoms with E-state index in [-0.39, 0.29) is 35.8 Å². The van der Waals surface area contributed by atoms with Gasteiger partial charge in [-0.05, 0) is 51.9 Å². The molecule has 0 aliphatic heterocycles. The number of nitrogens with one attached hydrogen (secondary N) is 2. The summed E-state index contributed by atoms with van der Waals surface area (Å²) >= 11 is 0. The Morgan fingerprint density at radius 1 is 1.25 bits per heavy atom. The van der Waals surface area contributed by atoms with Crippen molar-refractivity contribution in [1.29, 1.82) is 0 Å². The number of nitrogen functional groups attached to an aromatic ring is 1. The summed E-state index contributed by atoms with van der Waals surface area (Å²) in [6.07, 6.45) is 7.59. The molecule has 28 heavy (non-hydrogen) atoms. The van der Waals surface area contributed by atoms with Gasteiger partial charge in [-0.25, -0.2) is 9.97 Å². The molecule has 0 aromatic carbocycles. The fourth-order valence-corrected chi connectivity index (χ4v) is 3.81. The van der Waals surface area contributed by atoms with Crippen LogP contribution in [0.4, 0.5) is 5.95 Å². The molecule has 8 nitrogen and oxygen atoms in total. The van der Waals surface area contributed by atoms with Gasteiger partial charge in [-0.3, -0.25) is 9.59 Å². The van der Waals surface area contributed by atoms with Crippen LogP contribution < -0.4 is 16.4 Å². The van der Waals surface area contributed by atoms with Crippen molar-refractivity contribution in [2.45, 2.75) is 77.0 Å². The molecule has 2 fully saturated rings. The Hall–Kier alpha value is -2.22. The highest BCUT2D eigenvalue weighted by Gasteiger charge is 2.36. The van der Waals surface area contributed by atoms with Crippen LogP contribution in [0.3, 0.4) is 0 Å². The number of carbonyl (C=O) groups excluding carboxylic acids is 2. The first-order valence-corrected chi connectivity index (χ1v) is 10.3. The standard InChI is InChI=1S/C20H31N5O3/c1-3-9-28-17-10-13(18(26)24-14-5-4-6-14)7-8-16(17)25-19(27)15-11-22-20(21)23-12(15)2/h11,13-14,16-17H,3-10H2,1-2H3,(H,24,26)(H,25,27)(H2,21,22,23)/t13-,16+,17+/m0/s1. The number of nitrogens with two attached hydrogens (primary N) is 1. The van der Waals surface area contributed by atoms with Gasteiger partial charge in [-0.15, -0.1) is 0 Å². The number of anilines is 1. The second-order valence-corrected chi connectivity index (χ2v) is 7.86. The Morgan fingerprint density at radius 3 is 2.68 bits per heavy atom. The van der Waals surface area contributed by atoms with Crippen molar-refractivity contribution in [3.05, 3.63) is 17.5 Å². The number of aromatic nitrogens is 2. The lowest BCUT2D eigenvalue weighted by Gasteiger charge is -2.37. The summed E-state index contributed by atoms with van der Waals surface area (Å²) in [4.78, 5) is 33.2. The van der Waals surface area contributed by atoms with Gasteiger partial charge in [0.2, 0.25) is 11.9 Å². The molecule has 2 aliphatic rings. The molecule has 0 unspecified atom stereocenters. The molecule has 2 saturated carbocycles. The number of carbonyl (C=O) groups is 2. The van der Waals surface area contributed by atoms with E-state index >= 15 is 0 Å². The van der Waals surface area contributed by atoms with E-state index in [1.807, 2.05) is 6.92 Å². The fraction of sp³-hybridized carbons (Fsp3) is 0.700. The predicted molar refractivity (Wildman–Crippen MR) is 106 cm³/mol. The van der Waals surface area contributed by atoms with Crippen molar-refractivity contribution in [2.24, 2.45) is 5.92 Å². The van der Waals surface area contributed by atoms with Gasteiger partial charge in [0.05, 0.1) is 23.4 Å². The van der Waals surface area contributed by atoms with E-state index in [0.29, 0.717) is 36.7 Å². The first-order valence-electron chi connectivity index (χ1n) is 10.3. The SMILES string of the molecule is CCCO[C@@H]1C[C@@H](C(=O)NC2CCC2)CC[C@H]1NC(=O)c1cnc(N)nc1C. The van der Waals surface area contributed by atoms with Gasteiger partial charge >= 0.3 is 0 Å². The third kappa shape index (κ3) is 4.98. The normalized spacial score (nSPS) is 25.0. The number of hydrogen-bond donors (Lipinski definition) is 3. The smallest absolute Gasteiger partial charge is 0.255 e. The molecule has 0 radical (unpaired) electrons. The molecular formula is C20H31N5O3. The van der Waals surface area contributed by atoms with E-state index < -0.39 is 0 Å². The Morgan fingerprint density at radius 2 is 2.04 bits per heavy atom. The number of nitrogens with zero attached hydrogens (tertiary/aromatic N) is 2. The molecule has 0 spiro atoms. The zero-order chi connectivity index (χ0) is 20.1. The molecular weight excluding hydrogens is 358 g/mol. The lowest BCUT2D eigenvalue weighted by atomic mass is 9.82. The highest BCUT2D eigenvalue weighted by Crippen LogP contribution is 2.29. The first kappa shape index (κ1) is 20.5. The molecule has 0 saturated heterocycles. The first-order chi connectivity index (χ1) is 13.5. The van der Waals surface area contributed by atoms with Crippen molar-refractivity contribution in [3.63, 3.8) is 0 Å². The van der Waals surface area contributed by atoms with E-state index in [4.69, 9.17) is 10.5 Å². The van der Waals surface area contributed by atoms with Crippen LogP contribution in [0.25, 0.3) is 0 Å². The second kappa shape index (κ2) is 9.32. The lowest BCUT2D eigenvalue weighted by molar-refractivity contribution is -0.129. The maximum atomic E-state index is 12.7. The van der Waals surface area contributed by atoms with Gasteiger partial charge in [-0.1, -0.05) is 6.92 Å². The van der Waals surface area contributed by atoms with E-state index in [9.17, 15) is 9.59 Å². The van der Waals surface area contributed by atoms with Crippen LogP contribution in [-0.4, -0.2) is 46.6 Å². The minimum Gasteiger partial charge on any atom is -0.376 e. The Bertz CT molecular complexity index is 707. The monoisotopic (exact) mass is 389 g/mol. The van der Waals surface area contributed by atoms with Crippen LogP contribution in [0.1, 0.15) is 67.9 Å². The third-order valence-corrected chi connectivity index (χ3v) is 5.71. The Labute approximate surface area is 166 Å². The summed E-state index contributed by atoms with van der Waals surface area (Å²) in [7, 11) is 0. The van der Waals surface area contributed by atoms with Gasteiger partial charge in [0.25, 0.3) is 5.91 Å². The minimum atomic E-state index is -0.232. The zero-order valence-corrected chi connectivity index (χ0v) is 16.7. The van der Waals surface area contributed by atoms with Gasteiger partial charge < -0.3 is 21.1 Å². The third-order valence-electron chi connectivity index (χ3n) is 5.71. The van der Waals surface area contributed by atoms with Crippen LogP contribution in [0.15, 0.2) is 6.20 Å². The summed E-state index contributed by atoms with van der Waals surface area (Å²) in [5, 5.41) is 6.21. The quantitative estimate of drug-likeness (QED) is 0.653. The molecule has 3 atom stereocenters. The zero-order valence-electron chi connectivity index (χ0n) is 16.7. The summed E-state index contributed by atoms with van der Waals surface area (Å²) in [5.74, 6) is -0.0132. The van der Waals surface area contributed by atoms with E-state index in [2.05, 4.69) is 20.6 Å². The van der Waals surface area contributed by atoms with E-state index in [0.717, 1.165) is 25.7 Å². The van der Waals surface area contributed by atoms with E-state index in [1.165, 1.54) is 12.6 Å². The maximum Gasteiger partial charge on any atom is 0.255 e. The average molecular weight is 390 g/mol. The number of amides is 2.